The number of pyridine rings is 1. The van der Waals surface area contributed by atoms with Gasteiger partial charge in [0, 0.05) is 26.6 Å². The quantitative estimate of drug-likeness (QED) is 0.226. The number of fused-ring (bicyclic) bond motifs is 3. The molecule has 0 aliphatic carbocycles. The Hall–Kier alpha value is -3.17. The van der Waals surface area contributed by atoms with Gasteiger partial charge in [-0.05, 0) is 64.7 Å². The first kappa shape index (κ1) is 19.0. The van der Waals surface area contributed by atoms with Gasteiger partial charge in [-0.15, -0.1) is 0 Å². The lowest BCUT2D eigenvalue weighted by Crippen LogP contribution is -2.38. The molecule has 0 aliphatic rings. The van der Waals surface area contributed by atoms with Gasteiger partial charge in [0.2, 0.25) is 0 Å². The molecule has 0 amide bonds. The van der Waals surface area contributed by atoms with Crippen LogP contribution in [-0.2, 0) is 0 Å². The lowest BCUT2D eigenvalue weighted by molar-refractivity contribution is 0.670. The van der Waals surface area contributed by atoms with E-state index >= 15 is 0 Å². The van der Waals surface area contributed by atoms with Gasteiger partial charge in [-0.25, -0.2) is 0 Å². The van der Waals surface area contributed by atoms with Gasteiger partial charge < -0.3 is 4.42 Å². The lowest BCUT2D eigenvalue weighted by Gasteiger charge is -2.27. The molecule has 5 rings (SSSR count). The average molecular weight is 497 g/mol. The van der Waals surface area contributed by atoms with E-state index in [0.717, 1.165) is 38.2 Å². The van der Waals surface area contributed by atoms with Crippen molar-refractivity contribution in [1.82, 2.24) is 4.98 Å². The Balaban J connectivity index is 1.92. The molecule has 36 heavy (non-hydrogen) atoms. The van der Waals surface area contributed by atoms with Crippen molar-refractivity contribution >= 4 is 35.2 Å². The molecular weight excluding hydrogens is 454 g/mol. The number of hydrogen-bond donors (Lipinski definition) is 0. The number of rotatable bonds is 5. The predicted molar refractivity (Wildman–Crippen MR) is 158 cm³/mol. The van der Waals surface area contributed by atoms with Crippen LogP contribution >= 0.6 is 0 Å². The van der Waals surface area contributed by atoms with E-state index in [9.17, 15) is 2.74 Å². The summed E-state index contributed by atoms with van der Waals surface area (Å²) in [5, 5.41) is 2.80. The molecular formula is C33H37NOSi. The van der Waals surface area contributed by atoms with E-state index in [1.54, 1.807) is 0 Å². The van der Waals surface area contributed by atoms with Gasteiger partial charge in [0.1, 0.15) is 11.2 Å². The summed E-state index contributed by atoms with van der Waals surface area (Å²) in [5.41, 5.74) is 5.76. The molecule has 0 bridgehead atoms. The van der Waals surface area contributed by atoms with E-state index in [1.807, 2.05) is 76.2 Å². The summed E-state index contributed by atoms with van der Waals surface area (Å²) in [7, 11) is -2.07. The summed E-state index contributed by atoms with van der Waals surface area (Å²) >= 11 is 0. The van der Waals surface area contributed by atoms with Crippen molar-refractivity contribution < 1.29 is 11.3 Å². The fraction of sp³-hybridized carbons (Fsp3) is 0.303. The monoisotopic (exact) mass is 496 g/mol. The number of aromatic nitrogens is 1. The molecule has 0 radical (unpaired) electrons. The SMILES string of the molecule is [2H]c1c(C(C)C)c(-c2cc(-c3cccc4c3oc3ccccc34)ncc2C([2H])([2H])[2H])c(C(C)C)c([2H])c1[Si](C)(C)C. The van der Waals surface area contributed by atoms with Crippen LogP contribution in [0.3, 0.4) is 0 Å². The van der Waals surface area contributed by atoms with Gasteiger partial charge in [-0.2, -0.15) is 0 Å². The van der Waals surface area contributed by atoms with Crippen molar-refractivity contribution in [1.29, 1.82) is 0 Å². The first-order chi connectivity index (χ1) is 19.1. The number of aryl methyl sites for hydroxylation is 1. The second kappa shape index (κ2) is 9.04. The molecule has 0 N–H and O–H groups in total. The van der Waals surface area contributed by atoms with E-state index in [1.165, 1.54) is 6.20 Å². The molecule has 0 aliphatic heterocycles. The van der Waals surface area contributed by atoms with E-state index in [4.69, 9.17) is 8.53 Å². The first-order valence-electron chi connectivity index (χ1n) is 15.2. The van der Waals surface area contributed by atoms with Crippen LogP contribution in [0.4, 0.5) is 0 Å². The van der Waals surface area contributed by atoms with Crippen LogP contribution in [0, 0.1) is 6.85 Å². The Morgan fingerprint density at radius 1 is 0.861 bits per heavy atom. The Morgan fingerprint density at radius 3 is 2.17 bits per heavy atom. The zero-order valence-electron chi connectivity index (χ0n) is 27.2. The minimum absolute atomic E-state index is 0.0504. The van der Waals surface area contributed by atoms with Crippen molar-refractivity contribution in [2.45, 2.75) is 66.0 Å². The van der Waals surface area contributed by atoms with Gasteiger partial charge in [0.15, 0.2) is 0 Å². The third-order valence-corrected chi connectivity index (χ3v) is 8.57. The maximum Gasteiger partial charge on any atom is 0.144 e. The van der Waals surface area contributed by atoms with Crippen LogP contribution in [0.2, 0.25) is 19.6 Å². The molecule has 0 spiro atoms. The maximum absolute atomic E-state index is 9.36. The van der Waals surface area contributed by atoms with Crippen LogP contribution in [0.25, 0.3) is 44.3 Å². The van der Waals surface area contributed by atoms with Crippen molar-refractivity contribution in [2.24, 2.45) is 0 Å². The van der Waals surface area contributed by atoms with Gasteiger partial charge in [0.05, 0.1) is 16.5 Å². The number of furan rings is 1. The van der Waals surface area contributed by atoms with E-state index in [-0.39, 0.29) is 17.4 Å². The lowest BCUT2D eigenvalue weighted by atomic mass is 9.83. The molecule has 0 unspecified atom stereocenters. The zero-order chi connectivity index (χ0) is 30.0. The van der Waals surface area contributed by atoms with E-state index in [0.29, 0.717) is 34.5 Å². The summed E-state index contributed by atoms with van der Waals surface area (Å²) in [4.78, 5) is 4.67. The molecule has 0 fully saturated rings. The van der Waals surface area contributed by atoms with Crippen molar-refractivity contribution in [3.05, 3.63) is 83.5 Å². The minimum Gasteiger partial charge on any atom is -0.455 e. The van der Waals surface area contributed by atoms with Crippen molar-refractivity contribution in [3.8, 4) is 22.4 Å². The molecule has 3 heteroatoms. The van der Waals surface area contributed by atoms with Gasteiger partial charge >= 0.3 is 0 Å². The van der Waals surface area contributed by atoms with Gasteiger partial charge in [0.25, 0.3) is 0 Å². The summed E-state index contributed by atoms with van der Waals surface area (Å²) in [5.74, 6) is -0.101. The molecule has 2 heterocycles. The van der Waals surface area contributed by atoms with E-state index in [2.05, 4.69) is 24.6 Å². The normalized spacial score (nSPS) is 14.8. The number of para-hydroxylation sites is 2. The van der Waals surface area contributed by atoms with Crippen molar-refractivity contribution in [3.63, 3.8) is 0 Å². The molecule has 2 nitrogen and oxygen atoms in total. The summed E-state index contributed by atoms with van der Waals surface area (Å²) in [6, 6.07) is 16.4. The standard InChI is InChI=1S/C33H37NOSi/c1-20(2)27-16-23(36(6,7)8)17-28(21(3)4)32(27)29-18-30(34-19-22(29)5)26-14-11-13-25-24-12-9-10-15-31(24)35-33(25)26/h9-21H,1-8H3/i5D3,16D,17D. The van der Waals surface area contributed by atoms with E-state index < -0.39 is 14.9 Å². The maximum atomic E-state index is 9.36. The first-order valence-corrected chi connectivity index (χ1v) is 16.2. The molecule has 5 aromatic rings. The third-order valence-electron chi connectivity index (χ3n) is 6.82. The van der Waals surface area contributed by atoms with Crippen molar-refractivity contribution in [2.75, 3.05) is 0 Å². The second-order valence-electron chi connectivity index (χ2n) is 11.3. The number of hydrogen-bond acceptors (Lipinski definition) is 2. The van der Waals surface area contributed by atoms with Gasteiger partial charge in [-0.3, -0.25) is 4.98 Å². The Morgan fingerprint density at radius 2 is 1.53 bits per heavy atom. The molecule has 0 saturated carbocycles. The van der Waals surface area contributed by atoms with Gasteiger partial charge in [-0.1, -0.05) is 94.9 Å². The fourth-order valence-corrected chi connectivity index (χ4v) is 5.88. The highest BCUT2D eigenvalue weighted by Gasteiger charge is 2.25. The summed E-state index contributed by atoms with van der Waals surface area (Å²) < 4.78 is 50.3. The highest BCUT2D eigenvalue weighted by atomic mass is 28.3. The topological polar surface area (TPSA) is 26.0 Å². The van der Waals surface area contributed by atoms with Crippen LogP contribution in [0.15, 0.2) is 71.2 Å². The highest BCUT2D eigenvalue weighted by molar-refractivity contribution is 6.88. The molecule has 3 aromatic carbocycles. The van der Waals surface area contributed by atoms with Crippen LogP contribution in [0.5, 0.6) is 0 Å². The molecule has 0 saturated heterocycles. The highest BCUT2D eigenvalue weighted by Crippen LogP contribution is 2.40. The van der Waals surface area contributed by atoms with Crippen LogP contribution in [0.1, 0.15) is 63.1 Å². The summed E-state index contributed by atoms with van der Waals surface area (Å²) in [6.07, 6.45) is 1.45. The second-order valence-corrected chi connectivity index (χ2v) is 16.3. The Labute approximate surface area is 223 Å². The average Bonchev–Trinajstić information content (AvgIpc) is 3.25. The molecule has 184 valence electrons. The number of benzene rings is 3. The van der Waals surface area contributed by atoms with Crippen LogP contribution in [-0.4, -0.2) is 13.1 Å². The Kier molecular flexibility index (Phi) is 4.78. The minimum atomic E-state index is -2.43. The zero-order valence-corrected chi connectivity index (χ0v) is 23.2. The largest absolute Gasteiger partial charge is 0.455 e. The number of nitrogens with zero attached hydrogens (tertiary/aromatic N) is 1. The third kappa shape index (κ3) is 4.20. The molecule has 2 aromatic heterocycles. The Bertz CT molecular complexity index is 1760. The summed E-state index contributed by atoms with van der Waals surface area (Å²) in [6.45, 7) is 12.2. The predicted octanol–water partition coefficient (Wildman–Crippen LogP) is 9.42. The fourth-order valence-electron chi connectivity index (χ4n) is 4.86. The smallest absolute Gasteiger partial charge is 0.144 e. The molecule has 0 atom stereocenters. The van der Waals surface area contributed by atoms with Crippen LogP contribution < -0.4 is 5.19 Å².